The minimum Gasteiger partial charge on any atom is -0.378 e. The van der Waals surface area contributed by atoms with E-state index in [1.807, 2.05) is 20.8 Å². The second-order valence-electron chi connectivity index (χ2n) is 5.91. The molecule has 0 bridgehead atoms. The first-order valence-corrected chi connectivity index (χ1v) is 6.93. The molecule has 1 aliphatic rings. The Morgan fingerprint density at radius 1 is 1.50 bits per heavy atom. The van der Waals surface area contributed by atoms with Crippen molar-refractivity contribution in [2.24, 2.45) is 11.1 Å². The number of anilines is 1. The maximum atomic E-state index is 12.7. The molecule has 0 saturated heterocycles. The fourth-order valence-corrected chi connectivity index (χ4v) is 2.78. The van der Waals surface area contributed by atoms with Crippen LogP contribution < -0.4 is 10.6 Å². The van der Waals surface area contributed by atoms with Gasteiger partial charge < -0.3 is 15.4 Å². The predicted molar refractivity (Wildman–Crippen MR) is 78.4 cm³/mol. The van der Waals surface area contributed by atoms with Gasteiger partial charge in [0.05, 0.1) is 6.10 Å². The van der Waals surface area contributed by atoms with Crippen molar-refractivity contribution in [1.82, 2.24) is 4.98 Å². The Kier molecular flexibility index (Phi) is 3.84. The van der Waals surface area contributed by atoms with E-state index in [1.165, 1.54) is 0 Å². The molecule has 1 fully saturated rings. The fraction of sp³-hybridized carbons (Fsp3) is 0.600. The van der Waals surface area contributed by atoms with E-state index in [4.69, 9.17) is 10.5 Å². The molecular formula is C15H23N3O2. The standard InChI is InChI=1S/C15H23N3O2/c1-5-20-12-10-15(16,14(12,2)3)13(19)18(4)11-6-8-17-9-7-11/h6-9,12H,5,10,16H2,1-4H3. The predicted octanol–water partition coefficient (Wildman–Crippen LogP) is 1.58. The van der Waals surface area contributed by atoms with Gasteiger partial charge in [-0.2, -0.15) is 0 Å². The molecule has 1 amide bonds. The molecule has 2 unspecified atom stereocenters. The summed E-state index contributed by atoms with van der Waals surface area (Å²) < 4.78 is 5.66. The average Bonchev–Trinajstić information content (AvgIpc) is 2.46. The second-order valence-corrected chi connectivity index (χ2v) is 5.91. The van der Waals surface area contributed by atoms with Gasteiger partial charge in [0.1, 0.15) is 5.54 Å². The van der Waals surface area contributed by atoms with Crippen molar-refractivity contribution >= 4 is 11.6 Å². The third kappa shape index (κ3) is 2.11. The summed E-state index contributed by atoms with van der Waals surface area (Å²) in [5.41, 5.74) is 5.94. The lowest BCUT2D eigenvalue weighted by atomic mass is 9.54. The fourth-order valence-electron chi connectivity index (χ4n) is 2.78. The number of likely N-dealkylation sites (N-methyl/N-ethyl adjacent to an activating group) is 1. The van der Waals surface area contributed by atoms with Gasteiger partial charge in [0.15, 0.2) is 0 Å². The number of aromatic nitrogens is 1. The molecule has 2 atom stereocenters. The molecule has 2 N–H and O–H groups in total. The smallest absolute Gasteiger partial charge is 0.247 e. The van der Waals surface area contributed by atoms with Crippen LogP contribution in [-0.2, 0) is 9.53 Å². The highest BCUT2D eigenvalue weighted by atomic mass is 16.5. The molecule has 2 rings (SSSR count). The van der Waals surface area contributed by atoms with Crippen molar-refractivity contribution in [1.29, 1.82) is 0 Å². The van der Waals surface area contributed by atoms with Gasteiger partial charge in [0, 0.05) is 43.6 Å². The van der Waals surface area contributed by atoms with Gasteiger partial charge in [-0.15, -0.1) is 0 Å². The van der Waals surface area contributed by atoms with Crippen molar-refractivity contribution < 1.29 is 9.53 Å². The van der Waals surface area contributed by atoms with E-state index in [9.17, 15) is 4.79 Å². The SMILES string of the molecule is CCOC1CC(N)(C(=O)N(C)c2ccncc2)C1(C)C. The third-order valence-corrected chi connectivity index (χ3v) is 4.57. The Bertz CT molecular complexity index is 489. The summed E-state index contributed by atoms with van der Waals surface area (Å²) >= 11 is 0. The topological polar surface area (TPSA) is 68.5 Å². The number of carbonyl (C=O) groups excluding carboxylic acids is 1. The highest BCUT2D eigenvalue weighted by molar-refractivity contribution is 6.01. The molecular weight excluding hydrogens is 254 g/mol. The molecule has 0 aliphatic heterocycles. The average molecular weight is 277 g/mol. The summed E-state index contributed by atoms with van der Waals surface area (Å²) in [6.45, 7) is 6.58. The van der Waals surface area contributed by atoms with E-state index >= 15 is 0 Å². The highest BCUT2D eigenvalue weighted by Crippen LogP contribution is 2.50. The number of carbonyl (C=O) groups is 1. The number of ether oxygens (including phenoxy) is 1. The van der Waals surface area contributed by atoms with E-state index in [2.05, 4.69) is 4.98 Å². The molecule has 0 radical (unpaired) electrons. The third-order valence-electron chi connectivity index (χ3n) is 4.57. The molecule has 110 valence electrons. The zero-order valence-electron chi connectivity index (χ0n) is 12.6. The van der Waals surface area contributed by atoms with E-state index in [0.29, 0.717) is 13.0 Å². The van der Waals surface area contributed by atoms with Crippen LogP contribution in [-0.4, -0.2) is 36.2 Å². The number of hydrogen-bond donors (Lipinski definition) is 1. The zero-order chi connectivity index (χ0) is 15.0. The minimum atomic E-state index is -0.884. The number of rotatable bonds is 4. The van der Waals surface area contributed by atoms with Gasteiger partial charge in [0.25, 0.3) is 0 Å². The lowest BCUT2D eigenvalue weighted by molar-refractivity contribution is -0.168. The maximum absolute atomic E-state index is 12.7. The quantitative estimate of drug-likeness (QED) is 0.907. The van der Waals surface area contributed by atoms with E-state index in [-0.39, 0.29) is 17.4 Å². The minimum absolute atomic E-state index is 0.0345. The first kappa shape index (κ1) is 14.9. The molecule has 0 aromatic carbocycles. The van der Waals surface area contributed by atoms with Gasteiger partial charge in [-0.3, -0.25) is 9.78 Å². The number of nitrogens with two attached hydrogens (primary N) is 1. The van der Waals surface area contributed by atoms with Crippen LogP contribution in [0.5, 0.6) is 0 Å². The van der Waals surface area contributed by atoms with E-state index < -0.39 is 5.54 Å². The molecule has 1 heterocycles. The summed E-state index contributed by atoms with van der Waals surface area (Å²) in [6.07, 6.45) is 3.92. The molecule has 1 aromatic rings. The molecule has 1 aromatic heterocycles. The summed E-state index contributed by atoms with van der Waals surface area (Å²) in [4.78, 5) is 18.3. The molecule has 5 nitrogen and oxygen atoms in total. The lowest BCUT2D eigenvalue weighted by Gasteiger charge is -2.58. The van der Waals surface area contributed by atoms with Gasteiger partial charge in [-0.05, 0) is 19.1 Å². The first-order chi connectivity index (χ1) is 9.34. The summed E-state index contributed by atoms with van der Waals surface area (Å²) in [7, 11) is 1.75. The maximum Gasteiger partial charge on any atom is 0.247 e. The molecule has 0 spiro atoms. The van der Waals surface area contributed by atoms with Crippen LogP contribution in [0.15, 0.2) is 24.5 Å². The van der Waals surface area contributed by atoms with Crippen molar-refractivity contribution in [3.63, 3.8) is 0 Å². The van der Waals surface area contributed by atoms with E-state index in [0.717, 1.165) is 5.69 Å². The van der Waals surface area contributed by atoms with Gasteiger partial charge >= 0.3 is 0 Å². The van der Waals surface area contributed by atoms with Crippen LogP contribution in [0.4, 0.5) is 5.69 Å². The van der Waals surface area contributed by atoms with Crippen LogP contribution in [0.25, 0.3) is 0 Å². The number of hydrogen-bond acceptors (Lipinski definition) is 4. The highest BCUT2D eigenvalue weighted by Gasteiger charge is 2.63. The van der Waals surface area contributed by atoms with Crippen LogP contribution in [0.3, 0.4) is 0 Å². The molecule has 5 heteroatoms. The van der Waals surface area contributed by atoms with Crippen LogP contribution in [0.1, 0.15) is 27.2 Å². The van der Waals surface area contributed by atoms with Crippen LogP contribution >= 0.6 is 0 Å². The normalized spacial score (nSPS) is 27.8. The Morgan fingerprint density at radius 3 is 2.60 bits per heavy atom. The Morgan fingerprint density at radius 2 is 2.10 bits per heavy atom. The van der Waals surface area contributed by atoms with Crippen molar-refractivity contribution in [3.8, 4) is 0 Å². The number of nitrogens with zero attached hydrogens (tertiary/aromatic N) is 2. The van der Waals surface area contributed by atoms with E-state index in [1.54, 1.807) is 36.5 Å². The Labute approximate surface area is 120 Å². The van der Waals surface area contributed by atoms with Crippen molar-refractivity contribution in [3.05, 3.63) is 24.5 Å². The Balaban J connectivity index is 2.18. The zero-order valence-corrected chi connectivity index (χ0v) is 12.6. The largest absolute Gasteiger partial charge is 0.378 e. The monoisotopic (exact) mass is 277 g/mol. The summed E-state index contributed by atoms with van der Waals surface area (Å²) in [6, 6.07) is 3.60. The number of amides is 1. The van der Waals surface area contributed by atoms with Crippen LogP contribution in [0.2, 0.25) is 0 Å². The Hall–Kier alpha value is -1.46. The van der Waals surface area contributed by atoms with Gasteiger partial charge in [0.2, 0.25) is 5.91 Å². The van der Waals surface area contributed by atoms with Gasteiger partial charge in [-0.25, -0.2) is 0 Å². The molecule has 1 aliphatic carbocycles. The van der Waals surface area contributed by atoms with Crippen LogP contribution in [0, 0.1) is 5.41 Å². The molecule has 20 heavy (non-hydrogen) atoms. The molecule has 1 saturated carbocycles. The van der Waals surface area contributed by atoms with Crippen molar-refractivity contribution in [2.75, 3.05) is 18.6 Å². The first-order valence-electron chi connectivity index (χ1n) is 6.93. The number of pyridine rings is 1. The van der Waals surface area contributed by atoms with Crippen molar-refractivity contribution in [2.45, 2.75) is 38.8 Å². The summed E-state index contributed by atoms with van der Waals surface area (Å²) in [5.74, 6) is -0.0790. The lowest BCUT2D eigenvalue weighted by Crippen LogP contribution is -2.75. The summed E-state index contributed by atoms with van der Waals surface area (Å²) in [5, 5.41) is 0. The van der Waals surface area contributed by atoms with Gasteiger partial charge in [-0.1, -0.05) is 13.8 Å². The second kappa shape index (κ2) is 5.14.